The monoisotopic (exact) mass is 228 g/mol. The second kappa shape index (κ2) is 4.82. The number of nitrogens with one attached hydrogen (secondary N) is 1. The van der Waals surface area contributed by atoms with Crippen molar-refractivity contribution in [3.63, 3.8) is 0 Å². The number of imidazole rings is 1. The molecule has 0 aliphatic rings. The van der Waals surface area contributed by atoms with Gasteiger partial charge in [-0.2, -0.15) is 0 Å². The van der Waals surface area contributed by atoms with Crippen LogP contribution >= 0.6 is 0 Å². The van der Waals surface area contributed by atoms with Crippen LogP contribution in [0.1, 0.15) is 19.4 Å². The summed E-state index contributed by atoms with van der Waals surface area (Å²) in [5, 5.41) is 7.62. The van der Waals surface area contributed by atoms with Crippen molar-refractivity contribution < 1.29 is 0 Å². The number of rotatable bonds is 4. The van der Waals surface area contributed by atoms with E-state index in [-0.39, 0.29) is 11.9 Å². The second-order valence-electron chi connectivity index (χ2n) is 3.90. The van der Waals surface area contributed by atoms with Crippen LogP contribution < -0.4 is 5.73 Å². The smallest absolute Gasteiger partial charge is 0.140 e. The molecule has 88 valence electrons. The highest BCUT2D eigenvalue weighted by molar-refractivity contribution is 5.81. The van der Waals surface area contributed by atoms with Crippen molar-refractivity contribution in [3.05, 3.63) is 42.7 Å². The maximum absolute atomic E-state index is 7.62. The summed E-state index contributed by atoms with van der Waals surface area (Å²) in [5.41, 5.74) is 6.66. The molecule has 2 rings (SSSR count). The average Bonchev–Trinajstić information content (AvgIpc) is 2.80. The summed E-state index contributed by atoms with van der Waals surface area (Å²) in [5.74, 6) is 1.02. The van der Waals surface area contributed by atoms with E-state index in [1.54, 1.807) is 6.20 Å². The van der Waals surface area contributed by atoms with Gasteiger partial charge in [-0.3, -0.25) is 5.41 Å². The Morgan fingerprint density at radius 1 is 1.41 bits per heavy atom. The van der Waals surface area contributed by atoms with Crippen LogP contribution in [-0.4, -0.2) is 15.4 Å². The first-order chi connectivity index (χ1) is 8.24. The predicted octanol–water partition coefficient (Wildman–Crippen LogP) is 2.44. The maximum Gasteiger partial charge on any atom is 0.140 e. The molecular formula is C13H16N4. The Bertz CT molecular complexity index is 501. The summed E-state index contributed by atoms with van der Waals surface area (Å²) >= 11 is 0. The fourth-order valence-electron chi connectivity index (χ4n) is 1.94. The van der Waals surface area contributed by atoms with Crippen molar-refractivity contribution in [2.45, 2.75) is 19.4 Å². The molecule has 0 saturated carbocycles. The van der Waals surface area contributed by atoms with Crippen LogP contribution in [0.2, 0.25) is 0 Å². The third-order valence-corrected chi connectivity index (χ3v) is 2.78. The van der Waals surface area contributed by atoms with Gasteiger partial charge >= 0.3 is 0 Å². The Morgan fingerprint density at radius 2 is 2.12 bits per heavy atom. The van der Waals surface area contributed by atoms with Gasteiger partial charge in [0.05, 0.1) is 6.04 Å². The van der Waals surface area contributed by atoms with E-state index >= 15 is 0 Å². The third kappa shape index (κ3) is 2.20. The lowest BCUT2D eigenvalue weighted by atomic mass is 10.1. The molecule has 0 aliphatic heterocycles. The van der Waals surface area contributed by atoms with Gasteiger partial charge in [-0.05, 0) is 6.42 Å². The quantitative estimate of drug-likeness (QED) is 0.623. The Balaban J connectivity index is 2.45. The van der Waals surface area contributed by atoms with Crippen molar-refractivity contribution in [1.82, 2.24) is 9.55 Å². The zero-order valence-electron chi connectivity index (χ0n) is 9.80. The number of hydrogen-bond acceptors (Lipinski definition) is 2. The van der Waals surface area contributed by atoms with Crippen LogP contribution in [0.4, 0.5) is 0 Å². The van der Waals surface area contributed by atoms with Gasteiger partial charge in [0.15, 0.2) is 0 Å². The molecule has 4 heteroatoms. The normalized spacial score (nSPS) is 12.3. The summed E-state index contributed by atoms with van der Waals surface area (Å²) in [6.07, 6.45) is 4.40. The maximum atomic E-state index is 7.62. The molecule has 0 bridgehead atoms. The van der Waals surface area contributed by atoms with Gasteiger partial charge in [-0.15, -0.1) is 0 Å². The fourth-order valence-corrected chi connectivity index (χ4v) is 1.94. The minimum atomic E-state index is -0.118. The van der Waals surface area contributed by atoms with Crippen LogP contribution in [0, 0.1) is 5.41 Å². The van der Waals surface area contributed by atoms with E-state index < -0.39 is 0 Å². The van der Waals surface area contributed by atoms with Gasteiger partial charge < -0.3 is 10.3 Å². The first-order valence-corrected chi connectivity index (χ1v) is 5.66. The summed E-state index contributed by atoms with van der Waals surface area (Å²) in [7, 11) is 0. The molecule has 1 aromatic heterocycles. The Hall–Kier alpha value is -2.10. The van der Waals surface area contributed by atoms with Crippen LogP contribution in [0.5, 0.6) is 0 Å². The zero-order valence-corrected chi connectivity index (χ0v) is 9.80. The number of aromatic nitrogens is 2. The zero-order chi connectivity index (χ0) is 12.3. The highest BCUT2D eigenvalue weighted by atomic mass is 15.1. The number of nitrogens with zero attached hydrogens (tertiary/aromatic N) is 2. The van der Waals surface area contributed by atoms with Crippen molar-refractivity contribution in [2.75, 3.05) is 0 Å². The Labute approximate surface area is 101 Å². The second-order valence-corrected chi connectivity index (χ2v) is 3.90. The number of amidine groups is 1. The molecule has 1 heterocycles. The van der Waals surface area contributed by atoms with Crippen molar-refractivity contribution in [3.8, 4) is 11.4 Å². The summed E-state index contributed by atoms with van der Waals surface area (Å²) in [4.78, 5) is 4.35. The molecule has 1 aromatic carbocycles. The van der Waals surface area contributed by atoms with E-state index in [0.717, 1.165) is 17.8 Å². The summed E-state index contributed by atoms with van der Waals surface area (Å²) < 4.78 is 1.96. The van der Waals surface area contributed by atoms with E-state index in [0.29, 0.717) is 0 Å². The molecule has 0 amide bonds. The molecule has 0 fully saturated rings. The SMILES string of the molecule is CCC(C(=N)N)n1ccnc1-c1ccccc1. The van der Waals surface area contributed by atoms with Crippen LogP contribution in [0.3, 0.4) is 0 Å². The molecule has 0 aliphatic carbocycles. The van der Waals surface area contributed by atoms with Crippen LogP contribution in [0.25, 0.3) is 11.4 Å². The van der Waals surface area contributed by atoms with E-state index in [1.807, 2.05) is 48.0 Å². The minimum absolute atomic E-state index is 0.118. The number of benzene rings is 1. The Kier molecular flexibility index (Phi) is 3.23. The average molecular weight is 228 g/mol. The summed E-state index contributed by atoms with van der Waals surface area (Å²) in [6.45, 7) is 2.01. The molecule has 1 unspecified atom stereocenters. The molecule has 4 nitrogen and oxygen atoms in total. The number of hydrogen-bond donors (Lipinski definition) is 2. The van der Waals surface area contributed by atoms with Gasteiger partial charge in [-0.25, -0.2) is 4.98 Å². The van der Waals surface area contributed by atoms with E-state index in [4.69, 9.17) is 11.1 Å². The van der Waals surface area contributed by atoms with Crippen LogP contribution in [-0.2, 0) is 0 Å². The third-order valence-electron chi connectivity index (χ3n) is 2.78. The first-order valence-electron chi connectivity index (χ1n) is 5.66. The first kappa shape index (κ1) is 11.4. The predicted molar refractivity (Wildman–Crippen MR) is 68.9 cm³/mol. The van der Waals surface area contributed by atoms with Gasteiger partial charge in [0.25, 0.3) is 0 Å². The number of nitrogens with two attached hydrogens (primary N) is 1. The highest BCUT2D eigenvalue weighted by Crippen LogP contribution is 2.22. The van der Waals surface area contributed by atoms with E-state index in [1.165, 1.54) is 0 Å². The van der Waals surface area contributed by atoms with Gasteiger partial charge in [-0.1, -0.05) is 37.3 Å². The van der Waals surface area contributed by atoms with E-state index in [2.05, 4.69) is 4.98 Å². The minimum Gasteiger partial charge on any atom is -0.386 e. The molecule has 0 spiro atoms. The van der Waals surface area contributed by atoms with Crippen molar-refractivity contribution >= 4 is 5.84 Å². The standard InChI is InChI=1S/C13H16N4/c1-2-11(12(14)15)17-9-8-16-13(17)10-6-4-3-5-7-10/h3-9,11H,2H2,1H3,(H3,14,15). The lowest BCUT2D eigenvalue weighted by molar-refractivity contribution is 0.616. The molecule has 3 N–H and O–H groups in total. The van der Waals surface area contributed by atoms with Crippen LogP contribution in [0.15, 0.2) is 42.7 Å². The highest BCUT2D eigenvalue weighted by Gasteiger charge is 2.16. The van der Waals surface area contributed by atoms with Gasteiger partial charge in [0.2, 0.25) is 0 Å². The largest absolute Gasteiger partial charge is 0.386 e. The summed E-state index contributed by atoms with van der Waals surface area (Å²) in [6, 6.07) is 9.82. The van der Waals surface area contributed by atoms with Crippen molar-refractivity contribution in [1.29, 1.82) is 5.41 Å². The fraction of sp³-hybridized carbons (Fsp3) is 0.231. The molecule has 0 radical (unpaired) electrons. The van der Waals surface area contributed by atoms with E-state index in [9.17, 15) is 0 Å². The molecular weight excluding hydrogens is 212 g/mol. The lowest BCUT2D eigenvalue weighted by Crippen LogP contribution is -2.25. The lowest BCUT2D eigenvalue weighted by Gasteiger charge is -2.17. The molecule has 1 atom stereocenters. The molecule has 0 saturated heterocycles. The van der Waals surface area contributed by atoms with Gasteiger partial charge in [0, 0.05) is 18.0 Å². The van der Waals surface area contributed by atoms with Crippen molar-refractivity contribution in [2.24, 2.45) is 5.73 Å². The van der Waals surface area contributed by atoms with Gasteiger partial charge in [0.1, 0.15) is 11.7 Å². The molecule has 2 aromatic rings. The molecule has 17 heavy (non-hydrogen) atoms. The topological polar surface area (TPSA) is 67.7 Å². The Morgan fingerprint density at radius 3 is 2.71 bits per heavy atom.